The maximum Gasteiger partial charge on any atom is 0.416 e. The van der Waals surface area contributed by atoms with Gasteiger partial charge in [0.15, 0.2) is 0 Å². The molecule has 0 radical (unpaired) electrons. The Bertz CT molecular complexity index is 2040. The van der Waals surface area contributed by atoms with Crippen molar-refractivity contribution in [1.82, 2.24) is 0 Å². The summed E-state index contributed by atoms with van der Waals surface area (Å²) in [6.07, 6.45) is -8.93. The Morgan fingerprint density at radius 3 is 1.52 bits per heavy atom. The van der Waals surface area contributed by atoms with Gasteiger partial charge in [-0.2, -0.15) is 26.3 Å². The van der Waals surface area contributed by atoms with Gasteiger partial charge in [-0.3, -0.25) is 0 Å². The molecular weight excluding hydrogens is 546 g/mol. The monoisotopic (exact) mass is 568 g/mol. The van der Waals surface area contributed by atoms with Crippen molar-refractivity contribution in [3.63, 3.8) is 0 Å². The molecule has 208 valence electrons. The highest BCUT2D eigenvalue weighted by atomic mass is 19.4. The summed E-state index contributed by atoms with van der Waals surface area (Å²) < 4.78 is 80.9. The maximum atomic E-state index is 13.5. The van der Waals surface area contributed by atoms with Gasteiger partial charge in [-0.25, -0.2) is 0 Å². The van der Waals surface area contributed by atoms with Crippen LogP contribution in [0.4, 0.5) is 26.3 Å². The van der Waals surface area contributed by atoms with Gasteiger partial charge in [0, 0.05) is 0 Å². The number of benzene rings is 6. The third-order valence-electron chi connectivity index (χ3n) is 8.26. The van der Waals surface area contributed by atoms with Crippen molar-refractivity contribution in [2.45, 2.75) is 26.2 Å². The molecule has 0 aromatic heterocycles. The van der Waals surface area contributed by atoms with Crippen LogP contribution in [0.5, 0.6) is 0 Å². The molecule has 6 aromatic carbocycles. The number of hydrogen-bond donors (Lipinski definition) is 0. The van der Waals surface area contributed by atoms with Gasteiger partial charge in [0.1, 0.15) is 0 Å². The lowest BCUT2D eigenvalue weighted by atomic mass is 9.82. The van der Waals surface area contributed by atoms with Crippen LogP contribution in [0.15, 0.2) is 97.1 Å². The molecule has 0 amide bonds. The van der Waals surface area contributed by atoms with Gasteiger partial charge < -0.3 is 0 Å². The highest BCUT2D eigenvalue weighted by Gasteiger charge is 2.34. The van der Waals surface area contributed by atoms with Gasteiger partial charge in [0.25, 0.3) is 0 Å². The molecule has 0 nitrogen and oxygen atoms in total. The first-order valence-electron chi connectivity index (χ1n) is 13.4. The predicted molar refractivity (Wildman–Crippen MR) is 156 cm³/mol. The molecule has 0 N–H and O–H groups in total. The normalized spacial score (nSPS) is 12.8. The number of hydrogen-bond acceptors (Lipinski definition) is 0. The molecule has 42 heavy (non-hydrogen) atoms. The zero-order chi connectivity index (χ0) is 29.6. The molecule has 0 spiro atoms. The molecule has 0 bridgehead atoms. The Morgan fingerprint density at radius 2 is 0.976 bits per heavy atom. The number of halogens is 6. The topological polar surface area (TPSA) is 0 Å². The van der Waals surface area contributed by atoms with E-state index >= 15 is 0 Å². The van der Waals surface area contributed by atoms with Crippen LogP contribution < -0.4 is 0 Å². The van der Waals surface area contributed by atoms with Gasteiger partial charge >= 0.3 is 12.4 Å². The zero-order valence-electron chi connectivity index (χ0n) is 22.5. The van der Waals surface area contributed by atoms with Gasteiger partial charge in [0.05, 0.1) is 11.1 Å². The number of aryl methyl sites for hydroxylation is 2. The Kier molecular flexibility index (Phi) is 5.62. The highest BCUT2D eigenvalue weighted by molar-refractivity contribution is 6.27. The average molecular weight is 569 g/mol. The zero-order valence-corrected chi connectivity index (χ0v) is 22.5. The highest BCUT2D eigenvalue weighted by Crippen LogP contribution is 2.58. The average Bonchev–Trinajstić information content (AvgIpc) is 3.28. The lowest BCUT2D eigenvalue weighted by Crippen LogP contribution is -2.04. The number of rotatable bonds is 2. The lowest BCUT2D eigenvalue weighted by molar-refractivity contribution is -0.138. The number of alkyl halides is 6. The van der Waals surface area contributed by atoms with E-state index in [1.807, 2.05) is 62.4 Å². The third kappa shape index (κ3) is 3.92. The van der Waals surface area contributed by atoms with Crippen LogP contribution in [0.1, 0.15) is 22.3 Å². The second-order valence-electron chi connectivity index (χ2n) is 10.9. The first kappa shape index (κ1) is 26.3. The Labute approximate surface area is 237 Å². The summed E-state index contributed by atoms with van der Waals surface area (Å²) in [5.41, 5.74) is 7.08. The molecule has 0 heterocycles. The second-order valence-corrected chi connectivity index (χ2v) is 10.9. The lowest BCUT2D eigenvalue weighted by Gasteiger charge is -2.21. The van der Waals surface area contributed by atoms with Gasteiger partial charge in [-0.05, 0) is 110 Å². The third-order valence-corrected chi connectivity index (χ3v) is 8.26. The fourth-order valence-corrected chi connectivity index (χ4v) is 6.36. The van der Waals surface area contributed by atoms with Crippen molar-refractivity contribution in [1.29, 1.82) is 0 Å². The molecule has 0 saturated carbocycles. The van der Waals surface area contributed by atoms with E-state index in [2.05, 4.69) is 0 Å². The fraction of sp³-hybridized carbons (Fsp3) is 0.111. The molecule has 0 atom stereocenters. The molecule has 1 aliphatic rings. The van der Waals surface area contributed by atoms with E-state index in [-0.39, 0.29) is 0 Å². The molecule has 1 aliphatic carbocycles. The van der Waals surface area contributed by atoms with E-state index in [0.29, 0.717) is 11.1 Å². The van der Waals surface area contributed by atoms with Gasteiger partial charge in [-0.1, -0.05) is 78.4 Å². The van der Waals surface area contributed by atoms with Crippen LogP contribution in [0.2, 0.25) is 0 Å². The predicted octanol–water partition coefficient (Wildman–Crippen LogP) is 11.6. The quantitative estimate of drug-likeness (QED) is 0.182. The molecule has 6 aromatic rings. The van der Waals surface area contributed by atoms with Crippen molar-refractivity contribution in [3.8, 4) is 44.5 Å². The summed E-state index contributed by atoms with van der Waals surface area (Å²) in [6, 6.07) is 26.4. The van der Waals surface area contributed by atoms with E-state index < -0.39 is 23.5 Å². The first-order chi connectivity index (χ1) is 19.9. The first-order valence-corrected chi connectivity index (χ1v) is 13.4. The van der Waals surface area contributed by atoms with Crippen LogP contribution in [0.25, 0.3) is 66.1 Å². The summed E-state index contributed by atoms with van der Waals surface area (Å²) >= 11 is 0. The fourth-order valence-electron chi connectivity index (χ4n) is 6.36. The van der Waals surface area contributed by atoms with Gasteiger partial charge in [0.2, 0.25) is 0 Å². The van der Waals surface area contributed by atoms with Gasteiger partial charge in [-0.15, -0.1) is 0 Å². The smallest absolute Gasteiger partial charge is 0.166 e. The van der Waals surface area contributed by atoms with E-state index in [4.69, 9.17) is 0 Å². The maximum absolute atomic E-state index is 13.5. The Morgan fingerprint density at radius 1 is 0.452 bits per heavy atom. The van der Waals surface area contributed by atoms with Crippen molar-refractivity contribution in [2.24, 2.45) is 0 Å². The van der Waals surface area contributed by atoms with Crippen molar-refractivity contribution < 1.29 is 26.3 Å². The standard InChI is InChI=1S/C36H22F6/c1-19-6-16-26-29(18-19)31(22-10-14-24(15-11-22)36(40,41)42)33-27-5-3-4-25-20(2)7-17-28(32(25)27)34(33)30(26)21-8-12-23(13-9-21)35(37,38)39/h3-18H,1-2H3. The Balaban J connectivity index is 1.65. The van der Waals surface area contributed by atoms with Crippen LogP contribution in [0, 0.1) is 13.8 Å². The van der Waals surface area contributed by atoms with E-state index in [0.717, 1.165) is 90.3 Å². The van der Waals surface area contributed by atoms with Crippen LogP contribution in [-0.2, 0) is 12.4 Å². The molecule has 0 saturated heterocycles. The van der Waals surface area contributed by atoms with Crippen LogP contribution in [0.3, 0.4) is 0 Å². The summed E-state index contributed by atoms with van der Waals surface area (Å²) in [6.45, 7) is 3.97. The van der Waals surface area contributed by atoms with Crippen molar-refractivity contribution in [3.05, 3.63) is 119 Å². The largest absolute Gasteiger partial charge is 0.416 e. The van der Waals surface area contributed by atoms with Crippen molar-refractivity contribution >= 4 is 21.5 Å². The summed E-state index contributed by atoms with van der Waals surface area (Å²) in [5.74, 6) is 0. The summed E-state index contributed by atoms with van der Waals surface area (Å²) in [7, 11) is 0. The minimum absolute atomic E-state index is 0.633. The van der Waals surface area contributed by atoms with E-state index in [1.165, 1.54) is 24.3 Å². The minimum Gasteiger partial charge on any atom is -0.166 e. The SMILES string of the molecule is Cc1ccc2c(-c3ccc(C(F)(F)F)cc3)c3c(c(-c4ccc(C(F)(F)F)cc4)c2c1)-c1cccc2c(C)ccc-3c12. The molecule has 0 unspecified atom stereocenters. The molecule has 0 aliphatic heterocycles. The molecular formula is C36H22F6. The van der Waals surface area contributed by atoms with Crippen LogP contribution >= 0.6 is 0 Å². The number of fused-ring (bicyclic) bond motifs is 4. The van der Waals surface area contributed by atoms with Crippen molar-refractivity contribution in [2.75, 3.05) is 0 Å². The minimum atomic E-state index is -4.47. The molecule has 7 rings (SSSR count). The molecule has 0 fully saturated rings. The summed E-state index contributed by atoms with van der Waals surface area (Å²) in [4.78, 5) is 0. The van der Waals surface area contributed by atoms with E-state index in [1.54, 1.807) is 0 Å². The second kappa shape index (κ2) is 8.96. The van der Waals surface area contributed by atoms with Crippen LogP contribution in [-0.4, -0.2) is 0 Å². The Hall–Kier alpha value is -4.58. The molecule has 6 heteroatoms. The van der Waals surface area contributed by atoms with E-state index in [9.17, 15) is 26.3 Å². The summed E-state index contributed by atoms with van der Waals surface area (Å²) in [5, 5.41) is 3.72.